The summed E-state index contributed by atoms with van der Waals surface area (Å²) in [5, 5.41) is 100. The van der Waals surface area contributed by atoms with Crippen LogP contribution in [-0.2, 0) is 89.6 Å². The van der Waals surface area contributed by atoms with Gasteiger partial charge in [0, 0.05) is 39.4 Å². The lowest BCUT2D eigenvalue weighted by Crippen LogP contribution is -2.61. The number of rotatable bonds is 71. The summed E-state index contributed by atoms with van der Waals surface area (Å²) in [6.45, 7) is 5.49. The van der Waals surface area contributed by atoms with Gasteiger partial charge in [-0.25, -0.2) is 0 Å². The number of nitrogens with one attached hydrogen (secondary N) is 21. The van der Waals surface area contributed by atoms with Gasteiger partial charge < -0.3 is 168 Å². The number of benzene rings is 2. The molecule has 0 spiro atoms. The van der Waals surface area contributed by atoms with Crippen LogP contribution in [0.2, 0.25) is 0 Å². The highest BCUT2D eigenvalue weighted by Crippen LogP contribution is 2.18. The van der Waals surface area contributed by atoms with Crippen LogP contribution in [0.1, 0.15) is 193 Å². The summed E-state index contributed by atoms with van der Waals surface area (Å²) in [4.78, 5) is 226. The number of carbonyl (C=O) groups excluding carboxylic acids is 16. The Bertz CT molecular complexity index is 4140. The smallest absolute Gasteiger partial charge is 0.243 e. The monoisotopic (exact) mass is 1920 g/mol. The Kier molecular flexibility index (Phi) is 59.0. The lowest BCUT2D eigenvalue weighted by atomic mass is 10.0. The van der Waals surface area contributed by atoms with Gasteiger partial charge in [-0.05, 0) is 250 Å². The van der Waals surface area contributed by atoms with Crippen LogP contribution in [0.25, 0.3) is 0 Å². The highest BCUT2D eigenvalue weighted by atomic mass is 16.3. The van der Waals surface area contributed by atoms with Crippen molar-refractivity contribution in [3.05, 3.63) is 59.7 Å². The number of primary amides is 1. The maximum atomic E-state index is 15.0. The first kappa shape index (κ1) is 119. The fraction of sp³-hybridized carbons (Fsp3) is 0.640. The number of phenolic OH excluding ortho intramolecular Hbond substituents is 2. The highest BCUT2D eigenvalue weighted by molar-refractivity contribution is 6.01. The molecule has 50 heteroatoms. The minimum Gasteiger partial charge on any atom is -0.508 e. The number of aliphatic hydroxyl groups excluding tert-OH is 1. The van der Waals surface area contributed by atoms with Crippen molar-refractivity contribution in [2.45, 2.75) is 285 Å². The van der Waals surface area contributed by atoms with Gasteiger partial charge in [0.1, 0.15) is 102 Å². The first-order valence-corrected chi connectivity index (χ1v) is 46.1. The standard InChI is InChI=1S/C86H151N31O19/c1-49(103-73(126)58(21-6-12-38-88)107-79(132)63(26-17-43-100-84(94)95)110-76(129)57(106-52(4)119)20-5-11-37-87)70(123)115-66(46-53-29-33-55(120)34-30-53)82(135)113-61(24-9-15-41-91)77(130)111-64(27-18-44-101-85(96)97)80(133)108-59(22-7-13-39-89)74(127)104-50(2)71(124)116-67(47-54-31-35-56(121)36-32-54)83(136)114-62(25-10-16-42-92)78(131)112-65(28-19-45-102-86(98)99)81(134)109-60(23-8-14-40-90)75(128)105-51(3)72(125)117-68(48-118)69(93)122/h29-36,49-51,57-68,118,120-121H,5-28,37-48,87-92H2,1-4H3,(H2,93,122)(H,103,126)(H,104,127)(H,105,128)(H,106,119)(H,107,132)(H,108,133)(H,109,134)(H,110,129)(H,111,130)(H,112,131)(H,113,135)(H,114,136)(H,115,123)(H,116,124)(H,117,125)(H4,94,95,100)(H4,96,97,101)(H4,98,99,102)/t49-,50-,51-,57-,58-,59-,60-,61-,62-,63-,64-,65-,66-,67-,68-/m0/s1. The molecule has 44 N–H and O–H groups in total. The van der Waals surface area contributed by atoms with Gasteiger partial charge in [-0.15, -0.1) is 0 Å². The molecule has 136 heavy (non-hydrogen) atoms. The zero-order valence-corrected chi connectivity index (χ0v) is 78.4. The molecule has 0 unspecified atom stereocenters. The number of unbranched alkanes of at least 4 members (excludes halogenated alkanes) is 6. The molecule has 0 fully saturated rings. The van der Waals surface area contributed by atoms with Gasteiger partial charge in [-0.2, -0.15) is 0 Å². The van der Waals surface area contributed by atoms with Crippen molar-refractivity contribution >= 4 is 112 Å². The molecule has 0 aliphatic rings. The number of phenols is 2. The molecule has 2 aromatic rings. The molecular weight excluding hydrogens is 1770 g/mol. The van der Waals surface area contributed by atoms with Crippen molar-refractivity contribution in [2.75, 3.05) is 65.5 Å². The average Bonchev–Trinajstić information content (AvgIpc) is 0.854. The van der Waals surface area contributed by atoms with Crippen LogP contribution >= 0.6 is 0 Å². The summed E-state index contributed by atoms with van der Waals surface area (Å²) in [5.41, 5.74) is 57.6. The summed E-state index contributed by atoms with van der Waals surface area (Å²) in [6.07, 6.45) is 3.05. The number of aromatic hydroxyl groups is 2. The summed E-state index contributed by atoms with van der Waals surface area (Å²) in [7, 11) is 0. The first-order valence-electron chi connectivity index (χ1n) is 46.1. The lowest BCUT2D eigenvalue weighted by molar-refractivity contribution is -0.136. The summed E-state index contributed by atoms with van der Waals surface area (Å²) < 4.78 is 0. The van der Waals surface area contributed by atoms with Gasteiger partial charge in [0.25, 0.3) is 0 Å². The largest absolute Gasteiger partial charge is 0.508 e. The number of hydrogen-bond donors (Lipinski definition) is 34. The number of aliphatic hydroxyl groups is 1. The predicted octanol–water partition coefficient (Wildman–Crippen LogP) is -8.72. The van der Waals surface area contributed by atoms with E-state index >= 15 is 0 Å². The van der Waals surface area contributed by atoms with E-state index in [0.717, 1.165) is 0 Å². The minimum absolute atomic E-state index is 0.0141. The van der Waals surface area contributed by atoms with E-state index in [1.165, 1.54) is 76.2 Å². The molecular formula is C86H151N31O19. The van der Waals surface area contributed by atoms with Gasteiger partial charge in [-0.3, -0.25) is 92.9 Å². The number of carbonyl (C=O) groups is 16. The van der Waals surface area contributed by atoms with Crippen molar-refractivity contribution in [3.8, 4) is 11.5 Å². The van der Waals surface area contributed by atoms with E-state index in [1.807, 2.05) is 0 Å². The molecule has 0 heterocycles. The zero-order chi connectivity index (χ0) is 102. The summed E-state index contributed by atoms with van der Waals surface area (Å²) >= 11 is 0. The van der Waals surface area contributed by atoms with E-state index in [-0.39, 0.29) is 185 Å². The Morgan fingerprint density at radius 1 is 0.265 bits per heavy atom. The molecule has 0 aliphatic heterocycles. The fourth-order valence-corrected chi connectivity index (χ4v) is 13.8. The molecule has 0 aliphatic carbocycles. The second kappa shape index (κ2) is 67.3. The Balaban J connectivity index is 2.67. The van der Waals surface area contributed by atoms with E-state index < -0.39 is 204 Å². The lowest BCUT2D eigenvalue weighted by Gasteiger charge is -2.28. The zero-order valence-electron chi connectivity index (χ0n) is 78.4. The normalized spacial score (nSPS) is 14.3. The van der Waals surface area contributed by atoms with Crippen LogP contribution in [0, 0.1) is 16.2 Å². The Labute approximate surface area is 792 Å². The van der Waals surface area contributed by atoms with Crippen molar-refractivity contribution in [1.29, 1.82) is 16.2 Å². The van der Waals surface area contributed by atoms with Crippen LogP contribution in [0.15, 0.2) is 48.5 Å². The van der Waals surface area contributed by atoms with Crippen LogP contribution in [0.4, 0.5) is 0 Å². The van der Waals surface area contributed by atoms with Crippen LogP contribution in [-0.4, -0.2) is 284 Å². The van der Waals surface area contributed by atoms with Crippen molar-refractivity contribution in [1.82, 2.24) is 95.7 Å². The summed E-state index contributed by atoms with van der Waals surface area (Å²) in [6, 6.07) is -10.4. The maximum absolute atomic E-state index is 15.0. The van der Waals surface area contributed by atoms with Crippen molar-refractivity contribution in [3.63, 3.8) is 0 Å². The van der Waals surface area contributed by atoms with Crippen molar-refractivity contribution in [2.24, 2.45) is 57.3 Å². The van der Waals surface area contributed by atoms with E-state index in [2.05, 4.69) is 95.7 Å². The second-order valence-corrected chi connectivity index (χ2v) is 33.1. The molecule has 16 amide bonds. The van der Waals surface area contributed by atoms with Crippen LogP contribution in [0.5, 0.6) is 11.5 Å². The number of guanidine groups is 3. The van der Waals surface area contributed by atoms with Gasteiger partial charge in [0.05, 0.1) is 6.61 Å². The molecule has 0 radical (unpaired) electrons. The molecule has 0 saturated carbocycles. The SMILES string of the molecule is CC(=O)N[C@@H](CCCCN)C(=O)N[C@@H](CCCNC(=N)N)C(=O)N[C@@H](CCCCN)C(=O)N[C@@H](C)C(=O)N[C@@H](Cc1ccc(O)cc1)C(=O)N[C@@H](CCCCN)C(=O)N[C@@H](CCCNC(=N)N)C(=O)N[C@@H](CCCCN)C(=O)N[C@@H](C)C(=O)N[C@@H](Cc1ccc(O)cc1)C(=O)N[C@@H](CCCCN)C(=O)N[C@@H](CCCNC(=N)N)C(=O)N[C@@H](CCCCN)C(=O)N[C@@H](C)C(=O)N[C@@H](CO)C(N)=O. The quantitative estimate of drug-likeness (QED) is 0.0166. The first-order chi connectivity index (χ1) is 64.6. The Hall–Kier alpha value is -12.9. The Morgan fingerprint density at radius 3 is 0.640 bits per heavy atom. The van der Waals surface area contributed by atoms with Gasteiger partial charge in [-0.1, -0.05) is 24.3 Å². The van der Waals surface area contributed by atoms with Crippen LogP contribution in [0.3, 0.4) is 0 Å². The average molecular weight is 1920 g/mol. The van der Waals surface area contributed by atoms with Crippen LogP contribution < -0.4 is 153 Å². The highest BCUT2D eigenvalue weighted by Gasteiger charge is 2.38. The maximum Gasteiger partial charge on any atom is 0.243 e. The second-order valence-electron chi connectivity index (χ2n) is 33.1. The molecule has 764 valence electrons. The Morgan fingerprint density at radius 2 is 0.449 bits per heavy atom. The van der Waals surface area contributed by atoms with E-state index in [0.29, 0.717) is 69.0 Å². The van der Waals surface area contributed by atoms with Crippen molar-refractivity contribution < 1.29 is 92.0 Å². The third-order valence-corrected chi connectivity index (χ3v) is 21.5. The number of nitrogens with two attached hydrogens (primary N) is 10. The number of hydrogen-bond acceptors (Lipinski definition) is 28. The van der Waals surface area contributed by atoms with E-state index in [1.54, 1.807) is 0 Å². The third-order valence-electron chi connectivity index (χ3n) is 21.5. The fourth-order valence-electron chi connectivity index (χ4n) is 13.8. The van der Waals surface area contributed by atoms with Gasteiger partial charge in [0.15, 0.2) is 17.9 Å². The molecule has 0 aromatic heterocycles. The third kappa shape index (κ3) is 49.4. The molecule has 0 bridgehead atoms. The van der Waals surface area contributed by atoms with Gasteiger partial charge >= 0.3 is 0 Å². The number of amides is 16. The van der Waals surface area contributed by atoms with Gasteiger partial charge in [0.2, 0.25) is 94.5 Å². The minimum atomic E-state index is -1.58. The molecule has 2 rings (SSSR count). The topological polar surface area (TPSA) is 882 Å². The molecule has 50 nitrogen and oxygen atoms in total. The summed E-state index contributed by atoms with van der Waals surface area (Å²) in [5.74, 6) is -15.7. The molecule has 2 aromatic carbocycles. The van der Waals surface area contributed by atoms with E-state index in [9.17, 15) is 92.0 Å². The molecule has 0 saturated heterocycles. The predicted molar refractivity (Wildman–Crippen MR) is 506 cm³/mol. The molecule has 15 atom stereocenters. The van der Waals surface area contributed by atoms with E-state index in [4.69, 9.17) is 73.6 Å².